The second kappa shape index (κ2) is 9.65. The van der Waals surface area contributed by atoms with Crippen LogP contribution in [0.5, 0.6) is 5.75 Å². The van der Waals surface area contributed by atoms with Crippen molar-refractivity contribution in [2.24, 2.45) is 0 Å². The molecule has 1 aliphatic rings. The van der Waals surface area contributed by atoms with Gasteiger partial charge in [-0.15, -0.1) is 0 Å². The predicted molar refractivity (Wildman–Crippen MR) is 123 cm³/mol. The number of likely N-dealkylation sites (N-methyl/N-ethyl adjacent to an activating group) is 1. The first-order valence-electron chi connectivity index (χ1n) is 10.7. The summed E-state index contributed by atoms with van der Waals surface area (Å²) in [5.41, 5.74) is -0.269. The highest BCUT2D eigenvalue weighted by molar-refractivity contribution is 7.88. The average Bonchev–Trinajstić information content (AvgIpc) is 2.64. The van der Waals surface area contributed by atoms with Crippen LogP contribution in [0.2, 0.25) is 0 Å². The molecule has 0 atom stereocenters. The fourth-order valence-corrected chi connectivity index (χ4v) is 5.15. The summed E-state index contributed by atoms with van der Waals surface area (Å²) in [6, 6.07) is 7.72. The second-order valence-corrected chi connectivity index (χ2v) is 11.4. The van der Waals surface area contributed by atoms with Crippen LogP contribution >= 0.6 is 0 Å². The van der Waals surface area contributed by atoms with E-state index in [1.807, 2.05) is 65.8 Å². The Bertz CT molecular complexity index is 856. The van der Waals surface area contributed by atoms with E-state index in [-0.39, 0.29) is 12.7 Å². The monoisotopic (exact) mass is 455 g/mol. The highest BCUT2D eigenvalue weighted by Crippen LogP contribution is 2.30. The molecule has 0 spiro atoms. The zero-order chi connectivity index (χ0) is 23.4. The highest BCUT2D eigenvalue weighted by Gasteiger charge is 2.34. The van der Waals surface area contributed by atoms with Crippen LogP contribution in [0.1, 0.15) is 41.5 Å². The standard InChI is InChI=1S/C22H37N3O5S/c1-8-25(31(7,27)28)22(5,6)17-29-19-12-10-9-11-18(19)23-13-15-24(16-14-23)20(26)30-21(2,3)4/h9-12H,8,13-17H2,1-7H3. The summed E-state index contributed by atoms with van der Waals surface area (Å²) < 4.78 is 37.3. The zero-order valence-corrected chi connectivity index (χ0v) is 20.7. The van der Waals surface area contributed by atoms with E-state index in [9.17, 15) is 13.2 Å². The molecule has 0 aliphatic carbocycles. The lowest BCUT2D eigenvalue weighted by Crippen LogP contribution is -2.51. The van der Waals surface area contributed by atoms with Crippen molar-refractivity contribution in [3.05, 3.63) is 24.3 Å². The number of para-hydroxylation sites is 2. The maximum atomic E-state index is 12.3. The number of hydrogen-bond acceptors (Lipinski definition) is 6. The van der Waals surface area contributed by atoms with Crippen molar-refractivity contribution in [3.63, 3.8) is 0 Å². The number of rotatable bonds is 7. The summed E-state index contributed by atoms with van der Waals surface area (Å²) in [4.78, 5) is 16.2. The summed E-state index contributed by atoms with van der Waals surface area (Å²) in [5, 5.41) is 0. The van der Waals surface area contributed by atoms with Crippen LogP contribution in [0, 0.1) is 0 Å². The van der Waals surface area contributed by atoms with Crippen LogP contribution in [-0.4, -0.2) is 80.4 Å². The molecule has 1 aromatic rings. The van der Waals surface area contributed by atoms with Crippen molar-refractivity contribution in [2.75, 3.05) is 50.5 Å². The number of benzene rings is 1. The van der Waals surface area contributed by atoms with Crippen molar-refractivity contribution < 1.29 is 22.7 Å². The van der Waals surface area contributed by atoms with Crippen LogP contribution in [-0.2, 0) is 14.8 Å². The fourth-order valence-electron chi connectivity index (χ4n) is 3.73. The molecular formula is C22H37N3O5S. The van der Waals surface area contributed by atoms with Crippen LogP contribution in [0.25, 0.3) is 0 Å². The third-order valence-electron chi connectivity index (χ3n) is 5.08. The van der Waals surface area contributed by atoms with E-state index >= 15 is 0 Å². The minimum absolute atomic E-state index is 0.225. The first-order valence-corrected chi connectivity index (χ1v) is 12.5. The number of anilines is 1. The fraction of sp³-hybridized carbons (Fsp3) is 0.682. The molecule has 1 fully saturated rings. The SMILES string of the molecule is CCN(C(C)(C)COc1ccccc1N1CCN(C(=O)OC(C)(C)C)CC1)S(C)(=O)=O. The number of carbonyl (C=O) groups excluding carboxylic acids is 1. The van der Waals surface area contributed by atoms with Gasteiger partial charge in [0.25, 0.3) is 0 Å². The quantitative estimate of drug-likeness (QED) is 0.628. The maximum Gasteiger partial charge on any atom is 0.410 e. The Balaban J connectivity index is 2.06. The summed E-state index contributed by atoms with van der Waals surface area (Å²) in [6.07, 6.45) is 0.926. The summed E-state index contributed by atoms with van der Waals surface area (Å²) in [7, 11) is -3.34. The molecule has 0 unspecified atom stereocenters. The van der Waals surface area contributed by atoms with E-state index in [0.717, 1.165) is 5.69 Å². The molecule has 0 bridgehead atoms. The summed E-state index contributed by atoms with van der Waals surface area (Å²) in [5.74, 6) is 0.700. The van der Waals surface area contributed by atoms with Gasteiger partial charge in [-0.2, -0.15) is 4.31 Å². The van der Waals surface area contributed by atoms with Gasteiger partial charge in [-0.1, -0.05) is 19.1 Å². The Hall–Kier alpha value is -2.00. The minimum Gasteiger partial charge on any atom is -0.489 e. The minimum atomic E-state index is -3.34. The molecule has 2 rings (SSSR count). The van der Waals surface area contributed by atoms with E-state index in [1.165, 1.54) is 10.6 Å². The van der Waals surface area contributed by atoms with Crippen molar-refractivity contribution in [2.45, 2.75) is 52.7 Å². The van der Waals surface area contributed by atoms with Gasteiger partial charge >= 0.3 is 6.09 Å². The number of carbonyl (C=O) groups is 1. The lowest BCUT2D eigenvalue weighted by atomic mass is 10.1. The Morgan fingerprint density at radius 2 is 1.65 bits per heavy atom. The molecule has 31 heavy (non-hydrogen) atoms. The number of hydrogen-bond donors (Lipinski definition) is 0. The molecule has 1 aromatic carbocycles. The van der Waals surface area contributed by atoms with E-state index in [4.69, 9.17) is 9.47 Å². The number of piperazine rings is 1. The third-order valence-corrected chi connectivity index (χ3v) is 6.63. The van der Waals surface area contributed by atoms with Gasteiger partial charge in [0.05, 0.1) is 17.5 Å². The smallest absolute Gasteiger partial charge is 0.410 e. The van der Waals surface area contributed by atoms with E-state index in [2.05, 4.69) is 4.90 Å². The third kappa shape index (κ3) is 7.00. The number of nitrogens with zero attached hydrogens (tertiary/aromatic N) is 3. The van der Waals surface area contributed by atoms with Gasteiger partial charge in [0.15, 0.2) is 0 Å². The van der Waals surface area contributed by atoms with Crippen molar-refractivity contribution in [1.29, 1.82) is 0 Å². The molecule has 8 nitrogen and oxygen atoms in total. The van der Waals surface area contributed by atoms with Crippen molar-refractivity contribution in [3.8, 4) is 5.75 Å². The van der Waals surface area contributed by atoms with Gasteiger partial charge in [-0.3, -0.25) is 0 Å². The van der Waals surface area contributed by atoms with Crippen LogP contribution in [0.15, 0.2) is 24.3 Å². The zero-order valence-electron chi connectivity index (χ0n) is 19.8. The maximum absolute atomic E-state index is 12.3. The van der Waals surface area contributed by atoms with E-state index in [1.54, 1.807) is 4.90 Å². The Kier molecular flexibility index (Phi) is 7.86. The Morgan fingerprint density at radius 3 is 2.16 bits per heavy atom. The highest BCUT2D eigenvalue weighted by atomic mass is 32.2. The molecule has 0 saturated carbocycles. The molecule has 0 N–H and O–H groups in total. The first-order chi connectivity index (χ1) is 14.2. The number of ether oxygens (including phenoxy) is 2. The Labute approximate surface area is 187 Å². The van der Waals surface area contributed by atoms with E-state index in [0.29, 0.717) is 38.5 Å². The van der Waals surface area contributed by atoms with Crippen LogP contribution in [0.4, 0.5) is 10.5 Å². The van der Waals surface area contributed by atoms with Gasteiger partial charge in [0.1, 0.15) is 18.0 Å². The van der Waals surface area contributed by atoms with Gasteiger partial charge < -0.3 is 19.3 Å². The normalized spacial score (nSPS) is 15.9. The largest absolute Gasteiger partial charge is 0.489 e. The molecule has 176 valence electrons. The van der Waals surface area contributed by atoms with Crippen LogP contribution < -0.4 is 9.64 Å². The summed E-state index contributed by atoms with van der Waals surface area (Å²) >= 11 is 0. The topological polar surface area (TPSA) is 79.4 Å². The molecule has 0 aromatic heterocycles. The first kappa shape index (κ1) is 25.3. The van der Waals surface area contributed by atoms with Crippen molar-refractivity contribution in [1.82, 2.24) is 9.21 Å². The molecule has 1 saturated heterocycles. The molecule has 1 amide bonds. The molecule has 0 radical (unpaired) electrons. The number of amides is 1. The second-order valence-electron chi connectivity index (χ2n) is 9.45. The Morgan fingerprint density at radius 1 is 1.06 bits per heavy atom. The van der Waals surface area contributed by atoms with Crippen molar-refractivity contribution >= 4 is 21.8 Å². The average molecular weight is 456 g/mol. The van der Waals surface area contributed by atoms with Gasteiger partial charge in [-0.25, -0.2) is 13.2 Å². The van der Waals surface area contributed by atoms with Gasteiger partial charge in [0, 0.05) is 32.7 Å². The molecular weight excluding hydrogens is 418 g/mol. The van der Waals surface area contributed by atoms with E-state index < -0.39 is 21.2 Å². The van der Waals surface area contributed by atoms with Crippen LogP contribution in [0.3, 0.4) is 0 Å². The lowest BCUT2D eigenvalue weighted by molar-refractivity contribution is 0.0240. The molecule has 1 aliphatic heterocycles. The lowest BCUT2D eigenvalue weighted by Gasteiger charge is -2.38. The number of sulfonamides is 1. The molecule has 1 heterocycles. The van der Waals surface area contributed by atoms with Gasteiger partial charge in [-0.05, 0) is 46.8 Å². The molecule has 9 heteroatoms. The van der Waals surface area contributed by atoms with Gasteiger partial charge in [0.2, 0.25) is 10.0 Å². The summed E-state index contributed by atoms with van der Waals surface area (Å²) in [6.45, 7) is 14.2. The predicted octanol–water partition coefficient (Wildman–Crippen LogP) is 3.18.